The fourth-order valence-electron chi connectivity index (χ4n) is 4.88. The molecule has 2 aromatic carbocycles. The molecule has 0 aliphatic carbocycles. The number of aliphatic hydroxyl groups excluding tert-OH is 1. The molecule has 2 heterocycles. The van der Waals surface area contributed by atoms with Gasteiger partial charge in [-0.15, -0.1) is 13.2 Å². The van der Waals surface area contributed by atoms with Gasteiger partial charge in [0.25, 0.3) is 0 Å². The summed E-state index contributed by atoms with van der Waals surface area (Å²) < 4.78 is 136. The zero-order valence-corrected chi connectivity index (χ0v) is 25.1. The largest absolute Gasteiger partial charge is 0.573 e. The molecule has 48 heavy (non-hydrogen) atoms. The number of carboxylic acids is 1. The second kappa shape index (κ2) is 14.8. The van der Waals surface area contributed by atoms with Gasteiger partial charge in [-0.2, -0.15) is 36.9 Å². The van der Waals surface area contributed by atoms with Crippen LogP contribution >= 0.6 is 10.6 Å². The number of carboxylic acid groups (broad SMARTS) is 1. The number of aliphatic hydroxyl groups is 1. The van der Waals surface area contributed by atoms with Crippen molar-refractivity contribution in [3.05, 3.63) is 53.6 Å². The lowest BCUT2D eigenvalue weighted by atomic mass is 10.0. The van der Waals surface area contributed by atoms with E-state index in [0.29, 0.717) is 17.9 Å². The number of hydrogen-bond donors (Lipinski definition) is 5. The number of rotatable bonds is 8. The third-order valence-corrected chi connectivity index (χ3v) is 8.53. The van der Waals surface area contributed by atoms with Gasteiger partial charge in [-0.25, -0.2) is 4.79 Å². The van der Waals surface area contributed by atoms with E-state index in [-0.39, 0.29) is 34.8 Å². The molecule has 2 amide bonds. The third-order valence-electron chi connectivity index (χ3n) is 6.80. The number of fused-ring (bicyclic) bond motifs is 1. The Balaban J connectivity index is 0.000000804. The van der Waals surface area contributed by atoms with Gasteiger partial charge < -0.3 is 25.2 Å². The monoisotopic (exact) mass is 725 g/mol. The minimum atomic E-state index is -5.08. The molecule has 0 saturated carbocycles. The zero-order chi connectivity index (χ0) is 36.2. The molecule has 268 valence electrons. The highest BCUT2D eigenvalue weighted by molar-refractivity contribution is 8.25. The maximum Gasteiger partial charge on any atom is 0.573 e. The molecule has 11 nitrogen and oxygen atoms in total. The van der Waals surface area contributed by atoms with E-state index in [1.54, 1.807) is 4.90 Å². The molecule has 5 N–H and O–H groups in total. The van der Waals surface area contributed by atoms with Crippen LogP contribution < -0.4 is 10.1 Å². The van der Waals surface area contributed by atoms with Crippen molar-refractivity contribution in [2.45, 2.75) is 48.6 Å². The highest BCUT2D eigenvalue weighted by atomic mass is 32.3. The van der Waals surface area contributed by atoms with E-state index in [1.807, 2.05) is 0 Å². The SMILES string of the molecule is O=C(O)C(F)(F)F.O=C1CS(O)(O)c2ccc(CC(=O)N(CC(F)(F)F)[C@H](CN3CCC(O)C3)c3cccc(OC(F)(F)F)c3)cc2N1. The number of aliphatic carboxylic acids is 1. The van der Waals surface area contributed by atoms with E-state index in [9.17, 15) is 63.3 Å². The number of carbonyl (C=O) groups excluding carboxylic acids is 2. The zero-order valence-electron chi connectivity index (χ0n) is 24.3. The predicted molar refractivity (Wildman–Crippen MR) is 149 cm³/mol. The van der Waals surface area contributed by atoms with Crippen molar-refractivity contribution in [1.82, 2.24) is 9.80 Å². The first-order valence-corrected chi connectivity index (χ1v) is 15.3. The number of β-amino-alcohol motifs (C(OH)–C–C–N with tert-alkyl or cyclic N) is 1. The predicted octanol–water partition coefficient (Wildman–Crippen LogP) is 5.02. The first kappa shape index (κ1) is 38.7. The molecule has 1 saturated heterocycles. The Hall–Kier alpha value is -3.79. The molecule has 2 aromatic rings. The number of nitrogens with zero attached hydrogens (tertiary/aromatic N) is 2. The van der Waals surface area contributed by atoms with Crippen LogP contribution in [0.5, 0.6) is 5.75 Å². The van der Waals surface area contributed by atoms with Crippen LogP contribution in [-0.2, 0) is 20.8 Å². The molecular formula is C27H28F9N3O8S. The summed E-state index contributed by atoms with van der Waals surface area (Å²) >= 11 is 0. The van der Waals surface area contributed by atoms with Gasteiger partial charge in [0.15, 0.2) is 0 Å². The minimum absolute atomic E-state index is 0.00789. The summed E-state index contributed by atoms with van der Waals surface area (Å²) in [5, 5.41) is 19.5. The van der Waals surface area contributed by atoms with E-state index in [0.717, 1.165) is 12.1 Å². The lowest BCUT2D eigenvalue weighted by molar-refractivity contribution is -0.274. The number of ether oxygens (including phenoxy) is 1. The molecule has 1 fully saturated rings. The molecule has 2 aliphatic rings. The van der Waals surface area contributed by atoms with Gasteiger partial charge in [-0.3, -0.25) is 23.6 Å². The Morgan fingerprint density at radius 3 is 2.23 bits per heavy atom. The summed E-state index contributed by atoms with van der Waals surface area (Å²) in [6, 6.07) is 6.82. The molecular weight excluding hydrogens is 697 g/mol. The van der Waals surface area contributed by atoms with Crippen LogP contribution in [0, 0.1) is 0 Å². The Morgan fingerprint density at radius 2 is 1.69 bits per heavy atom. The molecule has 1 unspecified atom stereocenters. The van der Waals surface area contributed by atoms with E-state index >= 15 is 0 Å². The van der Waals surface area contributed by atoms with Crippen molar-refractivity contribution in [3.63, 3.8) is 0 Å². The lowest BCUT2D eigenvalue weighted by Crippen LogP contribution is -2.46. The van der Waals surface area contributed by atoms with E-state index < -0.39 is 83.7 Å². The van der Waals surface area contributed by atoms with Gasteiger partial charge in [-0.05, 0) is 41.8 Å². The number of carbonyl (C=O) groups is 3. The molecule has 0 radical (unpaired) electrons. The molecule has 0 aromatic heterocycles. The number of benzene rings is 2. The van der Waals surface area contributed by atoms with Crippen LogP contribution in [0.2, 0.25) is 0 Å². The number of likely N-dealkylation sites (tertiary alicyclic amines) is 1. The van der Waals surface area contributed by atoms with Crippen molar-refractivity contribution < 1.29 is 78.0 Å². The highest BCUT2D eigenvalue weighted by Crippen LogP contribution is 2.53. The summed E-state index contributed by atoms with van der Waals surface area (Å²) in [6.07, 6.45) is -16.0. The van der Waals surface area contributed by atoms with Gasteiger partial charge in [0.1, 0.15) is 18.0 Å². The standard InChI is InChI=1S/C25H27F6N3O6S.C2HF3O2/c26-24(27,28)14-34(23(37)9-15-4-5-21-19(8-15)32-22(36)13-41(21,38)39)20(12-33-7-6-17(35)11-33)16-2-1-3-18(10-16)40-25(29,30)31;3-2(4,5)1(6)7/h1-5,8,10,17,20,35,38-39H,6-7,9,11-14H2,(H,32,36);(H,6,7)/t17?,20-;/m1./s1. The van der Waals surface area contributed by atoms with Crippen LogP contribution in [0.1, 0.15) is 23.6 Å². The van der Waals surface area contributed by atoms with Crippen molar-refractivity contribution in [2.24, 2.45) is 0 Å². The van der Waals surface area contributed by atoms with E-state index in [4.69, 9.17) is 9.90 Å². The summed E-state index contributed by atoms with van der Waals surface area (Å²) in [5.41, 5.74) is 0.119. The average molecular weight is 726 g/mol. The van der Waals surface area contributed by atoms with E-state index in [1.165, 1.54) is 30.3 Å². The molecule has 2 atom stereocenters. The smallest absolute Gasteiger partial charge is 0.475 e. The number of amides is 2. The fraction of sp³-hybridized carbons (Fsp3) is 0.444. The average Bonchev–Trinajstić information content (AvgIpc) is 3.32. The van der Waals surface area contributed by atoms with Gasteiger partial charge in [0.2, 0.25) is 11.8 Å². The Morgan fingerprint density at radius 1 is 1.04 bits per heavy atom. The van der Waals surface area contributed by atoms with Gasteiger partial charge in [-0.1, -0.05) is 18.2 Å². The van der Waals surface area contributed by atoms with Crippen molar-refractivity contribution in [2.75, 3.05) is 37.2 Å². The molecule has 4 rings (SSSR count). The summed E-state index contributed by atoms with van der Waals surface area (Å²) in [6.45, 7) is -1.55. The Labute approximate surface area is 267 Å². The second-order valence-electron chi connectivity index (χ2n) is 10.6. The first-order valence-electron chi connectivity index (χ1n) is 13.5. The highest BCUT2D eigenvalue weighted by Gasteiger charge is 2.40. The summed E-state index contributed by atoms with van der Waals surface area (Å²) in [4.78, 5) is 36.4. The molecule has 2 aliphatic heterocycles. The van der Waals surface area contributed by atoms with Crippen LogP contribution in [0.4, 0.5) is 45.2 Å². The topological polar surface area (TPSA) is 160 Å². The van der Waals surface area contributed by atoms with Gasteiger partial charge >= 0.3 is 24.7 Å². The summed E-state index contributed by atoms with van der Waals surface area (Å²) in [5.74, 6) is -5.70. The quantitative estimate of drug-likeness (QED) is 0.236. The van der Waals surface area contributed by atoms with Gasteiger partial charge in [0, 0.05) is 19.6 Å². The first-order chi connectivity index (χ1) is 21.9. The lowest BCUT2D eigenvalue weighted by Gasteiger charge is -2.37. The van der Waals surface area contributed by atoms with Crippen LogP contribution in [0.25, 0.3) is 0 Å². The van der Waals surface area contributed by atoms with Crippen LogP contribution in [0.3, 0.4) is 0 Å². The van der Waals surface area contributed by atoms with Crippen molar-refractivity contribution in [3.8, 4) is 5.75 Å². The maximum atomic E-state index is 13.8. The van der Waals surface area contributed by atoms with E-state index in [2.05, 4.69) is 10.1 Å². The number of hydrogen-bond acceptors (Lipinski definition) is 8. The molecule has 21 heteroatoms. The Bertz CT molecular complexity index is 1490. The second-order valence-corrected chi connectivity index (χ2v) is 12.7. The van der Waals surface area contributed by atoms with Crippen molar-refractivity contribution >= 4 is 34.1 Å². The summed E-state index contributed by atoms with van der Waals surface area (Å²) in [7, 11) is -3.44. The molecule has 0 bridgehead atoms. The fourth-order valence-corrected chi connectivity index (χ4v) is 6.23. The number of halogens is 9. The van der Waals surface area contributed by atoms with Crippen LogP contribution in [0.15, 0.2) is 47.4 Å². The number of anilines is 1. The van der Waals surface area contributed by atoms with Gasteiger partial charge in [0.05, 0.1) is 29.1 Å². The van der Waals surface area contributed by atoms with Crippen molar-refractivity contribution in [1.29, 1.82) is 0 Å². The number of nitrogens with one attached hydrogen (secondary N) is 1. The minimum Gasteiger partial charge on any atom is -0.475 e. The number of alkyl halides is 9. The normalized spacial score (nSPS) is 19.2. The Kier molecular flexibility index (Phi) is 11.9. The molecule has 0 spiro atoms. The van der Waals surface area contributed by atoms with Crippen LogP contribution in [-0.4, -0.2) is 104 Å². The third kappa shape index (κ3) is 11.4. The maximum absolute atomic E-state index is 13.8.